The zero-order valence-electron chi connectivity index (χ0n) is 11.6. The van der Waals surface area contributed by atoms with E-state index in [0.717, 1.165) is 12.8 Å². The lowest BCUT2D eigenvalue weighted by Gasteiger charge is -2.26. The molecule has 0 saturated heterocycles. The monoisotopic (exact) mass is 297 g/mol. The molecule has 0 bridgehead atoms. The molecule has 0 heterocycles. The lowest BCUT2D eigenvalue weighted by molar-refractivity contribution is 0.0692. The number of benzene rings is 1. The van der Waals surface area contributed by atoms with Gasteiger partial charge in [0.1, 0.15) is 0 Å². The molecule has 0 amide bonds. The van der Waals surface area contributed by atoms with Gasteiger partial charge in [-0.15, -0.1) is 0 Å². The largest absolute Gasteiger partial charge is 0.478 e. The van der Waals surface area contributed by atoms with Gasteiger partial charge in [0.25, 0.3) is 0 Å². The van der Waals surface area contributed by atoms with E-state index in [2.05, 4.69) is 0 Å². The van der Waals surface area contributed by atoms with Gasteiger partial charge in [-0.05, 0) is 44.7 Å². The minimum atomic E-state index is -3.78. The Bertz CT molecular complexity index is 605. The van der Waals surface area contributed by atoms with Gasteiger partial charge in [-0.25, -0.2) is 13.2 Å². The van der Waals surface area contributed by atoms with Crippen molar-refractivity contribution in [2.45, 2.75) is 37.6 Å². The number of rotatable bonds is 6. The van der Waals surface area contributed by atoms with E-state index in [1.807, 2.05) is 13.8 Å². The first kappa shape index (κ1) is 15.0. The maximum Gasteiger partial charge on any atom is 0.337 e. The molecule has 6 heteroatoms. The summed E-state index contributed by atoms with van der Waals surface area (Å²) in [7, 11) is -3.78. The van der Waals surface area contributed by atoms with Crippen LogP contribution in [0.5, 0.6) is 0 Å². The Balaban J connectivity index is 2.44. The third kappa shape index (κ3) is 3.02. The fourth-order valence-electron chi connectivity index (χ4n) is 2.14. The van der Waals surface area contributed by atoms with Crippen LogP contribution in [-0.4, -0.2) is 36.4 Å². The third-order valence-electron chi connectivity index (χ3n) is 3.42. The van der Waals surface area contributed by atoms with Crippen LogP contribution in [0, 0.1) is 5.92 Å². The SMILES string of the molecule is CC(C)N(CC1CC1)S(=O)(=O)c1ccccc1C(=O)O. The molecule has 0 aromatic heterocycles. The van der Waals surface area contributed by atoms with Gasteiger partial charge in [-0.3, -0.25) is 0 Å². The van der Waals surface area contributed by atoms with Crippen LogP contribution >= 0.6 is 0 Å². The van der Waals surface area contributed by atoms with E-state index in [-0.39, 0.29) is 16.5 Å². The molecule has 1 aromatic rings. The summed E-state index contributed by atoms with van der Waals surface area (Å²) in [6.45, 7) is 4.08. The zero-order valence-corrected chi connectivity index (χ0v) is 12.4. The van der Waals surface area contributed by atoms with Crippen molar-refractivity contribution in [2.75, 3.05) is 6.54 Å². The average Bonchev–Trinajstić information content (AvgIpc) is 3.19. The number of nitrogens with zero attached hydrogens (tertiary/aromatic N) is 1. The standard InChI is InChI=1S/C14H19NO4S/c1-10(2)15(9-11-7-8-11)20(18,19)13-6-4-3-5-12(13)14(16)17/h3-6,10-11H,7-9H2,1-2H3,(H,16,17). The molecule has 0 atom stereocenters. The van der Waals surface area contributed by atoms with Crippen molar-refractivity contribution in [3.05, 3.63) is 29.8 Å². The molecule has 1 aromatic carbocycles. The Hall–Kier alpha value is -1.40. The van der Waals surface area contributed by atoms with Gasteiger partial charge in [0.15, 0.2) is 0 Å². The molecule has 0 unspecified atom stereocenters. The summed E-state index contributed by atoms with van der Waals surface area (Å²) in [4.78, 5) is 11.1. The highest BCUT2D eigenvalue weighted by molar-refractivity contribution is 7.89. The highest BCUT2D eigenvalue weighted by Crippen LogP contribution is 2.33. The van der Waals surface area contributed by atoms with Gasteiger partial charge in [0.05, 0.1) is 10.5 Å². The topological polar surface area (TPSA) is 74.7 Å². The summed E-state index contributed by atoms with van der Waals surface area (Å²) in [5, 5.41) is 9.16. The second kappa shape index (κ2) is 5.54. The highest BCUT2D eigenvalue weighted by atomic mass is 32.2. The van der Waals surface area contributed by atoms with E-state index in [9.17, 15) is 13.2 Å². The molecule has 0 radical (unpaired) electrons. The first-order chi connectivity index (χ1) is 9.34. The Kier molecular flexibility index (Phi) is 4.15. The highest BCUT2D eigenvalue weighted by Gasteiger charge is 2.35. The van der Waals surface area contributed by atoms with E-state index in [1.54, 1.807) is 6.07 Å². The second-order valence-corrected chi connectivity index (χ2v) is 7.27. The van der Waals surface area contributed by atoms with Gasteiger partial charge in [-0.2, -0.15) is 4.31 Å². The van der Waals surface area contributed by atoms with Crippen molar-refractivity contribution in [3.8, 4) is 0 Å². The zero-order chi connectivity index (χ0) is 14.9. The van der Waals surface area contributed by atoms with Crippen molar-refractivity contribution in [2.24, 2.45) is 5.92 Å². The summed E-state index contributed by atoms with van der Waals surface area (Å²) in [6.07, 6.45) is 2.08. The van der Waals surface area contributed by atoms with Crippen molar-refractivity contribution >= 4 is 16.0 Å². The number of carboxylic acids is 1. The molecule has 2 rings (SSSR count). The molecule has 0 spiro atoms. The molecule has 20 heavy (non-hydrogen) atoms. The fraction of sp³-hybridized carbons (Fsp3) is 0.500. The Labute approximate surface area is 119 Å². The van der Waals surface area contributed by atoms with Crippen LogP contribution in [0.4, 0.5) is 0 Å². The van der Waals surface area contributed by atoms with E-state index >= 15 is 0 Å². The molecule has 1 saturated carbocycles. The maximum absolute atomic E-state index is 12.7. The summed E-state index contributed by atoms with van der Waals surface area (Å²) >= 11 is 0. The van der Waals surface area contributed by atoms with Crippen LogP contribution in [0.1, 0.15) is 37.0 Å². The fourth-order valence-corrected chi connectivity index (χ4v) is 4.03. The molecule has 1 aliphatic rings. The van der Waals surface area contributed by atoms with Crippen LogP contribution in [0.25, 0.3) is 0 Å². The van der Waals surface area contributed by atoms with E-state index in [0.29, 0.717) is 12.5 Å². The smallest absolute Gasteiger partial charge is 0.337 e. The number of sulfonamides is 1. The quantitative estimate of drug-likeness (QED) is 0.873. The maximum atomic E-state index is 12.7. The number of hydrogen-bond acceptors (Lipinski definition) is 3. The molecule has 5 nitrogen and oxygen atoms in total. The lowest BCUT2D eigenvalue weighted by Crippen LogP contribution is -2.39. The Morgan fingerprint density at radius 2 is 1.95 bits per heavy atom. The number of carbonyl (C=O) groups is 1. The molecule has 1 fully saturated rings. The molecule has 0 aliphatic heterocycles. The van der Waals surface area contributed by atoms with Crippen molar-refractivity contribution in [1.82, 2.24) is 4.31 Å². The molecule has 1 aliphatic carbocycles. The summed E-state index contributed by atoms with van der Waals surface area (Å²) in [6, 6.07) is 5.58. The number of hydrogen-bond donors (Lipinski definition) is 1. The second-order valence-electron chi connectivity index (χ2n) is 5.41. The van der Waals surface area contributed by atoms with Crippen LogP contribution < -0.4 is 0 Å². The third-order valence-corrected chi connectivity index (χ3v) is 5.52. The van der Waals surface area contributed by atoms with E-state index < -0.39 is 16.0 Å². The Morgan fingerprint density at radius 1 is 1.35 bits per heavy atom. The predicted octanol–water partition coefficient (Wildman–Crippen LogP) is 2.19. The van der Waals surface area contributed by atoms with Gasteiger partial charge >= 0.3 is 5.97 Å². The normalized spacial score (nSPS) is 15.8. The predicted molar refractivity (Wildman–Crippen MR) is 75.2 cm³/mol. The van der Waals surface area contributed by atoms with E-state index in [1.165, 1.54) is 22.5 Å². The average molecular weight is 297 g/mol. The minimum absolute atomic E-state index is 0.123. The summed E-state index contributed by atoms with van der Waals surface area (Å²) in [5.41, 5.74) is -0.172. The number of aromatic carboxylic acids is 1. The van der Waals surface area contributed by atoms with E-state index in [4.69, 9.17) is 5.11 Å². The van der Waals surface area contributed by atoms with Crippen molar-refractivity contribution in [1.29, 1.82) is 0 Å². The van der Waals surface area contributed by atoms with Gasteiger partial charge in [0, 0.05) is 12.6 Å². The van der Waals surface area contributed by atoms with Crippen molar-refractivity contribution in [3.63, 3.8) is 0 Å². The van der Waals surface area contributed by atoms with Crippen molar-refractivity contribution < 1.29 is 18.3 Å². The van der Waals surface area contributed by atoms with Gasteiger partial charge < -0.3 is 5.11 Å². The molecule has 1 N–H and O–H groups in total. The first-order valence-corrected chi connectivity index (χ1v) is 8.12. The van der Waals surface area contributed by atoms with Gasteiger partial charge in [0.2, 0.25) is 10.0 Å². The van der Waals surface area contributed by atoms with Crippen LogP contribution in [0.2, 0.25) is 0 Å². The first-order valence-electron chi connectivity index (χ1n) is 6.68. The van der Waals surface area contributed by atoms with Crippen LogP contribution in [0.15, 0.2) is 29.2 Å². The lowest BCUT2D eigenvalue weighted by atomic mass is 10.2. The summed E-state index contributed by atoms with van der Waals surface area (Å²) in [5.74, 6) is -0.816. The number of carboxylic acid groups (broad SMARTS) is 1. The molecular weight excluding hydrogens is 278 g/mol. The minimum Gasteiger partial charge on any atom is -0.478 e. The van der Waals surface area contributed by atoms with Crippen LogP contribution in [-0.2, 0) is 10.0 Å². The molecule has 110 valence electrons. The molecular formula is C14H19NO4S. The van der Waals surface area contributed by atoms with Crippen LogP contribution in [0.3, 0.4) is 0 Å². The van der Waals surface area contributed by atoms with Gasteiger partial charge in [-0.1, -0.05) is 12.1 Å². The Morgan fingerprint density at radius 3 is 2.45 bits per heavy atom. The summed E-state index contributed by atoms with van der Waals surface area (Å²) < 4.78 is 26.9.